The molecule has 0 unspecified atom stereocenters. The summed E-state index contributed by atoms with van der Waals surface area (Å²) in [5.74, 6) is -1.17. The van der Waals surface area contributed by atoms with Crippen LogP contribution >= 0.6 is 0 Å². The lowest BCUT2D eigenvalue weighted by Crippen LogP contribution is -2.20. The standard InChI is InChI=1S/C19H18O4/c1-23-17(20)15-9-7-14(8-10-15)16-12-19(16,18(21)22)11-13-5-3-2-4-6-13/h2-10,16H,11-12H2,1H3,(H,21,22)/t16-,19-/m1/s1. The van der Waals surface area contributed by atoms with E-state index >= 15 is 0 Å². The van der Waals surface area contributed by atoms with Crippen molar-refractivity contribution in [3.8, 4) is 0 Å². The molecule has 1 N–H and O–H groups in total. The Morgan fingerprint density at radius 2 is 1.78 bits per heavy atom. The fourth-order valence-corrected chi connectivity index (χ4v) is 3.18. The number of carbonyl (C=O) groups excluding carboxylic acids is 1. The Kier molecular flexibility index (Phi) is 3.90. The molecule has 0 spiro atoms. The van der Waals surface area contributed by atoms with Gasteiger partial charge in [-0.15, -0.1) is 0 Å². The van der Waals surface area contributed by atoms with E-state index in [1.165, 1.54) is 7.11 Å². The summed E-state index contributed by atoms with van der Waals surface area (Å²) in [6, 6.07) is 16.7. The molecule has 2 aromatic carbocycles. The molecule has 23 heavy (non-hydrogen) atoms. The molecular formula is C19H18O4. The van der Waals surface area contributed by atoms with Gasteiger partial charge in [-0.3, -0.25) is 4.79 Å². The van der Waals surface area contributed by atoms with Gasteiger partial charge in [0, 0.05) is 5.92 Å². The van der Waals surface area contributed by atoms with Crippen LogP contribution < -0.4 is 0 Å². The minimum Gasteiger partial charge on any atom is -0.481 e. The largest absolute Gasteiger partial charge is 0.481 e. The van der Waals surface area contributed by atoms with E-state index in [0.29, 0.717) is 18.4 Å². The first kappa shape index (κ1) is 15.3. The van der Waals surface area contributed by atoms with Crippen LogP contribution in [-0.4, -0.2) is 24.2 Å². The maximum atomic E-state index is 11.8. The molecule has 1 aliphatic rings. The van der Waals surface area contributed by atoms with Crippen LogP contribution in [0.15, 0.2) is 54.6 Å². The van der Waals surface area contributed by atoms with Gasteiger partial charge in [0.1, 0.15) is 0 Å². The van der Waals surface area contributed by atoms with Crippen molar-refractivity contribution in [2.45, 2.75) is 18.8 Å². The highest BCUT2D eigenvalue weighted by molar-refractivity contribution is 5.89. The van der Waals surface area contributed by atoms with E-state index in [2.05, 4.69) is 4.74 Å². The van der Waals surface area contributed by atoms with Crippen LogP contribution in [0.4, 0.5) is 0 Å². The van der Waals surface area contributed by atoms with Gasteiger partial charge >= 0.3 is 11.9 Å². The molecule has 3 rings (SSSR count). The summed E-state index contributed by atoms with van der Waals surface area (Å²) < 4.78 is 4.68. The smallest absolute Gasteiger partial charge is 0.337 e. The van der Waals surface area contributed by atoms with Gasteiger partial charge in [0.2, 0.25) is 0 Å². The van der Waals surface area contributed by atoms with Crippen LogP contribution in [0.5, 0.6) is 0 Å². The molecule has 4 heteroatoms. The number of hydrogen-bond acceptors (Lipinski definition) is 3. The van der Waals surface area contributed by atoms with E-state index in [9.17, 15) is 14.7 Å². The van der Waals surface area contributed by atoms with E-state index in [0.717, 1.165) is 11.1 Å². The number of benzene rings is 2. The molecule has 1 saturated carbocycles. The second-order valence-electron chi connectivity index (χ2n) is 5.99. The van der Waals surface area contributed by atoms with Crippen molar-refractivity contribution in [1.29, 1.82) is 0 Å². The van der Waals surface area contributed by atoms with Crippen LogP contribution in [-0.2, 0) is 16.0 Å². The minimum atomic E-state index is -0.761. The highest BCUT2D eigenvalue weighted by Crippen LogP contribution is 2.61. The van der Waals surface area contributed by atoms with Crippen LogP contribution in [0, 0.1) is 5.41 Å². The Balaban J connectivity index is 1.81. The Hall–Kier alpha value is -2.62. The number of ether oxygens (including phenoxy) is 1. The molecule has 2 atom stereocenters. The minimum absolute atomic E-state index is 0.0214. The summed E-state index contributed by atoms with van der Waals surface area (Å²) in [6.07, 6.45) is 1.14. The zero-order valence-electron chi connectivity index (χ0n) is 12.9. The number of methoxy groups -OCH3 is 1. The third kappa shape index (κ3) is 2.84. The van der Waals surface area contributed by atoms with Gasteiger partial charge in [-0.1, -0.05) is 42.5 Å². The van der Waals surface area contributed by atoms with Gasteiger partial charge < -0.3 is 9.84 Å². The molecule has 0 aromatic heterocycles. The van der Waals surface area contributed by atoms with Gasteiger partial charge in [0.05, 0.1) is 18.1 Å². The Bertz CT molecular complexity index is 721. The second kappa shape index (κ2) is 5.88. The van der Waals surface area contributed by atoms with E-state index in [4.69, 9.17) is 0 Å². The van der Waals surface area contributed by atoms with Crippen molar-refractivity contribution in [3.63, 3.8) is 0 Å². The lowest BCUT2D eigenvalue weighted by molar-refractivity contribution is -0.143. The van der Waals surface area contributed by atoms with Crippen LogP contribution in [0.2, 0.25) is 0 Å². The predicted molar refractivity (Wildman–Crippen MR) is 85.4 cm³/mol. The quantitative estimate of drug-likeness (QED) is 0.861. The molecule has 0 bridgehead atoms. The number of hydrogen-bond donors (Lipinski definition) is 1. The van der Waals surface area contributed by atoms with Gasteiger partial charge in [-0.25, -0.2) is 4.79 Å². The molecular weight excluding hydrogens is 292 g/mol. The van der Waals surface area contributed by atoms with Gasteiger partial charge in [-0.05, 0) is 36.1 Å². The third-order valence-corrected chi connectivity index (χ3v) is 4.60. The molecule has 1 aliphatic carbocycles. The maximum Gasteiger partial charge on any atom is 0.337 e. The first-order chi connectivity index (χ1) is 11.1. The Morgan fingerprint density at radius 3 is 2.35 bits per heavy atom. The Morgan fingerprint density at radius 1 is 1.13 bits per heavy atom. The first-order valence-corrected chi connectivity index (χ1v) is 7.52. The monoisotopic (exact) mass is 310 g/mol. The van der Waals surface area contributed by atoms with Gasteiger partial charge in [0.25, 0.3) is 0 Å². The summed E-state index contributed by atoms with van der Waals surface area (Å²) >= 11 is 0. The van der Waals surface area contributed by atoms with Gasteiger partial charge in [0.15, 0.2) is 0 Å². The van der Waals surface area contributed by atoms with Crippen molar-refractivity contribution in [3.05, 3.63) is 71.3 Å². The first-order valence-electron chi connectivity index (χ1n) is 7.52. The van der Waals surface area contributed by atoms with Crippen molar-refractivity contribution < 1.29 is 19.4 Å². The number of aliphatic carboxylic acids is 1. The summed E-state index contributed by atoms with van der Waals surface area (Å²) in [7, 11) is 1.34. The van der Waals surface area contributed by atoms with E-state index in [1.807, 2.05) is 42.5 Å². The summed E-state index contributed by atoms with van der Waals surface area (Å²) in [5.41, 5.74) is 1.72. The zero-order valence-corrected chi connectivity index (χ0v) is 12.9. The normalized spacial score (nSPS) is 22.4. The summed E-state index contributed by atoms with van der Waals surface area (Å²) in [4.78, 5) is 23.3. The van der Waals surface area contributed by atoms with Crippen LogP contribution in [0.1, 0.15) is 33.8 Å². The van der Waals surface area contributed by atoms with Crippen molar-refractivity contribution in [2.24, 2.45) is 5.41 Å². The fraction of sp³-hybridized carbons (Fsp3) is 0.263. The van der Waals surface area contributed by atoms with Crippen molar-refractivity contribution >= 4 is 11.9 Å². The highest BCUT2D eigenvalue weighted by atomic mass is 16.5. The number of carbonyl (C=O) groups is 2. The van der Waals surface area contributed by atoms with E-state index in [1.54, 1.807) is 12.1 Å². The highest BCUT2D eigenvalue weighted by Gasteiger charge is 2.60. The maximum absolute atomic E-state index is 11.8. The molecule has 0 radical (unpaired) electrons. The molecule has 0 aliphatic heterocycles. The molecule has 1 fully saturated rings. The number of esters is 1. The topological polar surface area (TPSA) is 63.6 Å². The predicted octanol–water partition coefficient (Wildman–Crippen LogP) is 3.27. The molecule has 2 aromatic rings. The molecule has 0 heterocycles. The van der Waals surface area contributed by atoms with E-state index in [-0.39, 0.29) is 11.9 Å². The van der Waals surface area contributed by atoms with Crippen molar-refractivity contribution in [2.75, 3.05) is 7.11 Å². The molecule has 0 amide bonds. The van der Waals surface area contributed by atoms with E-state index < -0.39 is 11.4 Å². The van der Waals surface area contributed by atoms with Crippen molar-refractivity contribution in [1.82, 2.24) is 0 Å². The molecule has 118 valence electrons. The average Bonchev–Trinajstić information content (AvgIpc) is 3.31. The average molecular weight is 310 g/mol. The molecule has 4 nitrogen and oxygen atoms in total. The lowest BCUT2D eigenvalue weighted by Gasteiger charge is -2.13. The SMILES string of the molecule is COC(=O)c1ccc([C@H]2C[C@@]2(Cc2ccccc2)C(=O)O)cc1. The zero-order chi connectivity index (χ0) is 16.4. The Labute approximate surface area is 134 Å². The number of carboxylic acids is 1. The summed E-state index contributed by atoms with van der Waals surface area (Å²) in [6.45, 7) is 0. The second-order valence-corrected chi connectivity index (χ2v) is 5.99. The van der Waals surface area contributed by atoms with Crippen LogP contribution in [0.3, 0.4) is 0 Å². The number of carboxylic acid groups (broad SMARTS) is 1. The molecule has 0 saturated heterocycles. The van der Waals surface area contributed by atoms with Crippen LogP contribution in [0.25, 0.3) is 0 Å². The number of rotatable bonds is 5. The van der Waals surface area contributed by atoms with Gasteiger partial charge in [-0.2, -0.15) is 0 Å². The summed E-state index contributed by atoms with van der Waals surface area (Å²) in [5, 5.41) is 9.70. The lowest BCUT2D eigenvalue weighted by atomic mass is 9.91. The fourth-order valence-electron chi connectivity index (χ4n) is 3.18. The third-order valence-electron chi connectivity index (χ3n) is 4.60.